The van der Waals surface area contributed by atoms with Crippen LogP contribution in [0.3, 0.4) is 0 Å². The molecule has 4 heterocycles. The van der Waals surface area contributed by atoms with Crippen molar-refractivity contribution in [3.8, 4) is 11.1 Å². The highest BCUT2D eigenvalue weighted by molar-refractivity contribution is 5.84. The highest BCUT2D eigenvalue weighted by Crippen LogP contribution is 2.55. The molecule has 1 saturated carbocycles. The highest BCUT2D eigenvalue weighted by Gasteiger charge is 2.48. The average molecular weight is 359 g/mol. The molecule has 138 valence electrons. The summed E-state index contributed by atoms with van der Waals surface area (Å²) in [5.74, 6) is 0. The predicted molar refractivity (Wildman–Crippen MR) is 107 cm³/mol. The molecule has 3 aromatic rings. The SMILES string of the molecule is Cc1c[nH]c2ncc(-c3cc4c(c([C@@H]5CC6(CC6)CN5)c3)COCC4)cc12. The fourth-order valence-electron chi connectivity index (χ4n) is 4.98. The number of hydrogen-bond donors (Lipinski definition) is 2. The van der Waals surface area contributed by atoms with E-state index < -0.39 is 0 Å². The Morgan fingerprint density at radius 3 is 2.96 bits per heavy atom. The minimum absolute atomic E-state index is 0.466. The van der Waals surface area contributed by atoms with E-state index in [1.807, 2.05) is 12.4 Å². The van der Waals surface area contributed by atoms with Crippen molar-refractivity contribution in [2.75, 3.05) is 13.2 Å². The van der Waals surface area contributed by atoms with Gasteiger partial charge in [0, 0.05) is 35.9 Å². The summed E-state index contributed by atoms with van der Waals surface area (Å²) in [5, 5.41) is 5.03. The maximum Gasteiger partial charge on any atom is 0.137 e. The second-order valence-electron chi connectivity index (χ2n) is 8.74. The molecule has 1 aromatic carbocycles. The lowest BCUT2D eigenvalue weighted by atomic mass is 9.87. The molecule has 2 aliphatic heterocycles. The van der Waals surface area contributed by atoms with E-state index in [4.69, 9.17) is 4.74 Å². The molecule has 1 aliphatic carbocycles. The number of nitrogens with zero attached hydrogens (tertiary/aromatic N) is 1. The maximum absolute atomic E-state index is 5.83. The average Bonchev–Trinajstić information content (AvgIpc) is 3.17. The van der Waals surface area contributed by atoms with Gasteiger partial charge < -0.3 is 15.0 Å². The molecule has 0 unspecified atom stereocenters. The van der Waals surface area contributed by atoms with Gasteiger partial charge >= 0.3 is 0 Å². The van der Waals surface area contributed by atoms with Gasteiger partial charge in [0.1, 0.15) is 5.65 Å². The topological polar surface area (TPSA) is 49.9 Å². The minimum Gasteiger partial charge on any atom is -0.376 e. The Kier molecular flexibility index (Phi) is 3.32. The molecule has 1 atom stereocenters. The Balaban J connectivity index is 1.48. The molecule has 0 bridgehead atoms. The Bertz CT molecular complexity index is 1050. The summed E-state index contributed by atoms with van der Waals surface area (Å²) in [4.78, 5) is 7.91. The Labute approximate surface area is 159 Å². The van der Waals surface area contributed by atoms with Gasteiger partial charge in [-0.3, -0.25) is 0 Å². The maximum atomic E-state index is 5.83. The second kappa shape index (κ2) is 5.66. The molecule has 1 spiro atoms. The molecule has 2 fully saturated rings. The van der Waals surface area contributed by atoms with Crippen LogP contribution in [-0.4, -0.2) is 23.1 Å². The summed E-state index contributed by atoms with van der Waals surface area (Å²) in [6, 6.07) is 7.52. The van der Waals surface area contributed by atoms with E-state index in [0.29, 0.717) is 11.5 Å². The summed E-state index contributed by atoms with van der Waals surface area (Å²) < 4.78 is 5.83. The van der Waals surface area contributed by atoms with Crippen LogP contribution in [0, 0.1) is 12.3 Å². The number of fused-ring (bicyclic) bond motifs is 2. The number of aromatic nitrogens is 2. The van der Waals surface area contributed by atoms with Crippen molar-refractivity contribution in [2.24, 2.45) is 5.41 Å². The molecule has 6 rings (SSSR count). The van der Waals surface area contributed by atoms with Crippen molar-refractivity contribution in [3.63, 3.8) is 0 Å². The third-order valence-electron chi connectivity index (χ3n) is 6.90. The summed E-state index contributed by atoms with van der Waals surface area (Å²) in [6.07, 6.45) is 9.11. The van der Waals surface area contributed by atoms with E-state index in [2.05, 4.69) is 40.4 Å². The van der Waals surface area contributed by atoms with Gasteiger partial charge in [0.25, 0.3) is 0 Å². The number of H-pyrrole nitrogens is 1. The third-order valence-corrected chi connectivity index (χ3v) is 6.90. The molecular formula is C23H25N3O. The first-order valence-corrected chi connectivity index (χ1v) is 10.1. The van der Waals surface area contributed by atoms with Crippen molar-refractivity contribution >= 4 is 11.0 Å². The van der Waals surface area contributed by atoms with Crippen LogP contribution < -0.4 is 5.32 Å². The van der Waals surface area contributed by atoms with Gasteiger partial charge in [-0.25, -0.2) is 4.98 Å². The van der Waals surface area contributed by atoms with E-state index in [9.17, 15) is 0 Å². The van der Waals surface area contributed by atoms with E-state index in [-0.39, 0.29) is 0 Å². The van der Waals surface area contributed by atoms with Crippen molar-refractivity contribution in [1.29, 1.82) is 0 Å². The second-order valence-corrected chi connectivity index (χ2v) is 8.74. The van der Waals surface area contributed by atoms with Crippen LogP contribution in [0.1, 0.15) is 47.6 Å². The standard InChI is InChI=1S/C23H25N3O/c1-14-10-24-22-18(14)8-17(11-25-22)16-6-15-2-5-27-12-20(15)19(7-16)21-9-23(3-4-23)13-26-21/h6-8,10-11,21,26H,2-5,9,12-13H2,1H3,(H,24,25)/t21-/m0/s1. The largest absolute Gasteiger partial charge is 0.376 e. The van der Waals surface area contributed by atoms with Crippen LogP contribution in [0.25, 0.3) is 22.2 Å². The molecule has 4 heteroatoms. The van der Waals surface area contributed by atoms with E-state index in [1.165, 1.54) is 64.6 Å². The Hall–Kier alpha value is -2.17. The van der Waals surface area contributed by atoms with Crippen LogP contribution in [0.4, 0.5) is 0 Å². The van der Waals surface area contributed by atoms with Crippen LogP contribution in [0.15, 0.2) is 30.6 Å². The van der Waals surface area contributed by atoms with Gasteiger partial charge in [0.2, 0.25) is 0 Å². The third kappa shape index (κ3) is 2.54. The van der Waals surface area contributed by atoms with Gasteiger partial charge in [-0.2, -0.15) is 0 Å². The molecular weight excluding hydrogens is 334 g/mol. The molecule has 0 amide bonds. The molecule has 27 heavy (non-hydrogen) atoms. The van der Waals surface area contributed by atoms with Gasteiger partial charge in [0.15, 0.2) is 0 Å². The van der Waals surface area contributed by atoms with Crippen LogP contribution in [-0.2, 0) is 17.8 Å². The Morgan fingerprint density at radius 1 is 1.19 bits per heavy atom. The molecule has 2 N–H and O–H groups in total. The normalized spacial score (nSPS) is 23.1. The first-order chi connectivity index (χ1) is 13.2. The van der Waals surface area contributed by atoms with E-state index in [1.54, 1.807) is 0 Å². The number of nitrogens with one attached hydrogen (secondary N) is 2. The quantitative estimate of drug-likeness (QED) is 0.712. The lowest BCUT2D eigenvalue weighted by Gasteiger charge is -2.25. The van der Waals surface area contributed by atoms with E-state index >= 15 is 0 Å². The molecule has 3 aliphatic rings. The monoisotopic (exact) mass is 359 g/mol. The summed E-state index contributed by atoms with van der Waals surface area (Å²) >= 11 is 0. The number of pyridine rings is 1. The fraction of sp³-hybridized carbons (Fsp3) is 0.435. The molecule has 1 saturated heterocycles. The number of ether oxygens (including phenoxy) is 1. The van der Waals surface area contributed by atoms with Gasteiger partial charge in [-0.15, -0.1) is 0 Å². The van der Waals surface area contributed by atoms with Crippen molar-refractivity contribution < 1.29 is 4.74 Å². The predicted octanol–water partition coefficient (Wildman–Crippen LogP) is 4.43. The van der Waals surface area contributed by atoms with Gasteiger partial charge in [-0.1, -0.05) is 6.07 Å². The lowest BCUT2D eigenvalue weighted by Crippen LogP contribution is -2.19. The molecule has 0 radical (unpaired) electrons. The van der Waals surface area contributed by atoms with Gasteiger partial charge in [-0.05, 0) is 78.0 Å². The number of aromatic amines is 1. The van der Waals surface area contributed by atoms with Crippen molar-refractivity contribution in [3.05, 3.63) is 52.8 Å². The molecule has 2 aromatic heterocycles. The fourth-order valence-corrected chi connectivity index (χ4v) is 4.98. The smallest absolute Gasteiger partial charge is 0.137 e. The lowest BCUT2D eigenvalue weighted by molar-refractivity contribution is 0.109. The highest BCUT2D eigenvalue weighted by atomic mass is 16.5. The van der Waals surface area contributed by atoms with Gasteiger partial charge in [0.05, 0.1) is 13.2 Å². The van der Waals surface area contributed by atoms with Crippen LogP contribution >= 0.6 is 0 Å². The van der Waals surface area contributed by atoms with Crippen molar-refractivity contribution in [1.82, 2.24) is 15.3 Å². The zero-order valence-corrected chi connectivity index (χ0v) is 15.8. The number of rotatable bonds is 2. The number of benzene rings is 1. The van der Waals surface area contributed by atoms with Crippen LogP contribution in [0.2, 0.25) is 0 Å². The van der Waals surface area contributed by atoms with Crippen LogP contribution in [0.5, 0.6) is 0 Å². The summed E-state index contributed by atoms with van der Waals surface area (Å²) in [6.45, 7) is 4.89. The van der Waals surface area contributed by atoms with E-state index in [0.717, 1.165) is 25.3 Å². The first-order valence-electron chi connectivity index (χ1n) is 10.1. The first kappa shape index (κ1) is 15.8. The number of hydrogen-bond acceptors (Lipinski definition) is 3. The summed E-state index contributed by atoms with van der Waals surface area (Å²) in [5.41, 5.74) is 9.64. The minimum atomic E-state index is 0.466. The zero-order valence-electron chi connectivity index (χ0n) is 15.8. The van der Waals surface area contributed by atoms with Crippen molar-refractivity contribution in [2.45, 2.75) is 45.3 Å². The Morgan fingerprint density at radius 2 is 2.11 bits per heavy atom. The number of aryl methyl sites for hydroxylation is 1. The zero-order chi connectivity index (χ0) is 18.0. The molecule has 4 nitrogen and oxygen atoms in total. The summed E-state index contributed by atoms with van der Waals surface area (Å²) in [7, 11) is 0.